The highest BCUT2D eigenvalue weighted by molar-refractivity contribution is 5.78. The van der Waals surface area contributed by atoms with Gasteiger partial charge in [-0.15, -0.1) is 6.58 Å². The molecule has 0 fully saturated rings. The van der Waals surface area contributed by atoms with E-state index in [1.165, 1.54) is 6.92 Å². The molecular formula is C16H22N2O2. The molecule has 108 valence electrons. The van der Waals surface area contributed by atoms with Gasteiger partial charge in [0.15, 0.2) is 0 Å². The first-order chi connectivity index (χ1) is 9.52. The third-order valence-corrected chi connectivity index (χ3v) is 2.95. The lowest BCUT2D eigenvalue weighted by Crippen LogP contribution is -2.38. The number of carbonyl (C=O) groups excluding carboxylic acids is 2. The van der Waals surface area contributed by atoms with Gasteiger partial charge in [0.1, 0.15) is 0 Å². The molecule has 0 saturated heterocycles. The largest absolute Gasteiger partial charge is 0.354 e. The predicted molar refractivity (Wildman–Crippen MR) is 80.3 cm³/mol. The first-order valence-electron chi connectivity index (χ1n) is 6.71. The van der Waals surface area contributed by atoms with Gasteiger partial charge in [0, 0.05) is 26.6 Å². The standard InChI is InChI=1S/C16H22N2O2/c1-4-9-18(14(3)19)10-8-17-16(20)12-15-7-5-6-13(2)11-15/h4-7,11H,1,8-10,12H2,2-3H3,(H,17,20). The second-order valence-corrected chi connectivity index (χ2v) is 4.77. The zero-order chi connectivity index (χ0) is 15.0. The highest BCUT2D eigenvalue weighted by Gasteiger charge is 2.07. The van der Waals surface area contributed by atoms with Gasteiger partial charge in [0.05, 0.1) is 6.42 Å². The quantitative estimate of drug-likeness (QED) is 0.769. The molecule has 0 radical (unpaired) electrons. The van der Waals surface area contributed by atoms with Gasteiger partial charge in [-0.3, -0.25) is 9.59 Å². The predicted octanol–water partition coefficient (Wildman–Crippen LogP) is 1.69. The number of hydrogen-bond acceptors (Lipinski definition) is 2. The smallest absolute Gasteiger partial charge is 0.224 e. The molecule has 0 aliphatic rings. The van der Waals surface area contributed by atoms with Crippen molar-refractivity contribution in [1.29, 1.82) is 0 Å². The Balaban J connectivity index is 2.36. The summed E-state index contributed by atoms with van der Waals surface area (Å²) in [5, 5.41) is 2.83. The minimum absolute atomic E-state index is 0.0159. The summed E-state index contributed by atoms with van der Waals surface area (Å²) in [4.78, 5) is 24.7. The van der Waals surface area contributed by atoms with Crippen LogP contribution >= 0.6 is 0 Å². The van der Waals surface area contributed by atoms with Crippen molar-refractivity contribution < 1.29 is 9.59 Å². The molecule has 1 aromatic carbocycles. The molecule has 4 nitrogen and oxygen atoms in total. The van der Waals surface area contributed by atoms with Gasteiger partial charge in [-0.1, -0.05) is 35.9 Å². The van der Waals surface area contributed by atoms with Crippen LogP contribution in [0.4, 0.5) is 0 Å². The molecule has 0 spiro atoms. The Labute approximate surface area is 120 Å². The fourth-order valence-corrected chi connectivity index (χ4v) is 1.93. The Hall–Kier alpha value is -2.10. The van der Waals surface area contributed by atoms with E-state index < -0.39 is 0 Å². The van der Waals surface area contributed by atoms with E-state index in [0.717, 1.165) is 11.1 Å². The number of nitrogens with one attached hydrogen (secondary N) is 1. The molecule has 0 aliphatic carbocycles. The summed E-state index contributed by atoms with van der Waals surface area (Å²) < 4.78 is 0. The fraction of sp³-hybridized carbons (Fsp3) is 0.375. The lowest BCUT2D eigenvalue weighted by molar-refractivity contribution is -0.129. The van der Waals surface area contributed by atoms with Crippen LogP contribution in [0.3, 0.4) is 0 Å². The lowest BCUT2D eigenvalue weighted by Gasteiger charge is -2.19. The number of benzene rings is 1. The summed E-state index contributed by atoms with van der Waals surface area (Å²) in [6, 6.07) is 7.88. The van der Waals surface area contributed by atoms with Crippen molar-refractivity contribution in [2.24, 2.45) is 0 Å². The summed E-state index contributed by atoms with van der Waals surface area (Å²) in [6.45, 7) is 8.58. The maximum Gasteiger partial charge on any atom is 0.224 e. The van der Waals surface area contributed by atoms with Crippen molar-refractivity contribution in [2.45, 2.75) is 20.3 Å². The van der Waals surface area contributed by atoms with Gasteiger partial charge >= 0.3 is 0 Å². The molecule has 0 heterocycles. The lowest BCUT2D eigenvalue weighted by atomic mass is 10.1. The molecule has 0 atom stereocenters. The Morgan fingerprint density at radius 2 is 2.15 bits per heavy atom. The van der Waals surface area contributed by atoms with E-state index in [-0.39, 0.29) is 11.8 Å². The zero-order valence-electron chi connectivity index (χ0n) is 12.2. The molecule has 20 heavy (non-hydrogen) atoms. The van der Waals surface area contributed by atoms with Crippen LogP contribution in [0.5, 0.6) is 0 Å². The monoisotopic (exact) mass is 274 g/mol. The van der Waals surface area contributed by atoms with Gasteiger partial charge in [-0.05, 0) is 12.5 Å². The second-order valence-electron chi connectivity index (χ2n) is 4.77. The van der Waals surface area contributed by atoms with Crippen LogP contribution in [0.1, 0.15) is 18.1 Å². The van der Waals surface area contributed by atoms with Gasteiger partial charge in [0.2, 0.25) is 11.8 Å². The summed E-state index contributed by atoms with van der Waals surface area (Å²) in [7, 11) is 0. The Morgan fingerprint density at radius 3 is 2.75 bits per heavy atom. The Kier molecular flexibility index (Phi) is 6.50. The molecule has 1 rings (SSSR count). The van der Waals surface area contributed by atoms with Crippen LogP contribution < -0.4 is 5.32 Å². The molecule has 0 aliphatic heterocycles. The van der Waals surface area contributed by atoms with Crippen LogP contribution in [-0.4, -0.2) is 36.3 Å². The number of amides is 2. The molecular weight excluding hydrogens is 252 g/mol. The van der Waals surface area contributed by atoms with Crippen molar-refractivity contribution in [1.82, 2.24) is 10.2 Å². The van der Waals surface area contributed by atoms with E-state index in [4.69, 9.17) is 0 Å². The van der Waals surface area contributed by atoms with Gasteiger partial charge in [-0.25, -0.2) is 0 Å². The van der Waals surface area contributed by atoms with Crippen LogP contribution in [0.25, 0.3) is 0 Å². The average Bonchev–Trinajstić information content (AvgIpc) is 2.37. The van der Waals surface area contributed by atoms with Crippen LogP contribution in [0.15, 0.2) is 36.9 Å². The first kappa shape index (κ1) is 16.0. The molecule has 0 aromatic heterocycles. The number of nitrogens with zero attached hydrogens (tertiary/aromatic N) is 1. The van der Waals surface area contributed by atoms with Gasteiger partial charge < -0.3 is 10.2 Å². The van der Waals surface area contributed by atoms with Crippen LogP contribution in [0, 0.1) is 6.92 Å². The maximum absolute atomic E-state index is 11.8. The molecule has 2 amide bonds. The normalized spacial score (nSPS) is 9.90. The average molecular weight is 274 g/mol. The minimum atomic E-state index is -0.0299. The fourth-order valence-electron chi connectivity index (χ4n) is 1.93. The summed E-state index contributed by atoms with van der Waals surface area (Å²) in [6.07, 6.45) is 2.04. The van der Waals surface area contributed by atoms with E-state index in [0.29, 0.717) is 26.1 Å². The number of aryl methyl sites for hydroxylation is 1. The highest BCUT2D eigenvalue weighted by Crippen LogP contribution is 2.04. The van der Waals surface area contributed by atoms with Crippen molar-refractivity contribution >= 4 is 11.8 Å². The molecule has 1 aromatic rings. The van der Waals surface area contributed by atoms with Crippen LogP contribution in [-0.2, 0) is 16.0 Å². The molecule has 1 N–H and O–H groups in total. The van der Waals surface area contributed by atoms with E-state index in [1.54, 1.807) is 11.0 Å². The van der Waals surface area contributed by atoms with Crippen molar-refractivity contribution in [3.63, 3.8) is 0 Å². The summed E-state index contributed by atoms with van der Waals surface area (Å²) >= 11 is 0. The van der Waals surface area contributed by atoms with E-state index >= 15 is 0 Å². The zero-order valence-corrected chi connectivity index (χ0v) is 12.2. The minimum Gasteiger partial charge on any atom is -0.354 e. The number of rotatable bonds is 7. The molecule has 0 unspecified atom stereocenters. The summed E-state index contributed by atoms with van der Waals surface area (Å²) in [5.74, 6) is -0.0458. The first-order valence-corrected chi connectivity index (χ1v) is 6.71. The SMILES string of the molecule is C=CCN(CCNC(=O)Cc1cccc(C)c1)C(C)=O. The molecule has 0 bridgehead atoms. The van der Waals surface area contributed by atoms with Crippen molar-refractivity contribution in [2.75, 3.05) is 19.6 Å². The molecule has 4 heteroatoms. The van der Waals surface area contributed by atoms with Gasteiger partial charge in [0.25, 0.3) is 0 Å². The van der Waals surface area contributed by atoms with E-state index in [2.05, 4.69) is 11.9 Å². The van der Waals surface area contributed by atoms with Crippen LogP contribution in [0.2, 0.25) is 0 Å². The van der Waals surface area contributed by atoms with Gasteiger partial charge in [-0.2, -0.15) is 0 Å². The Morgan fingerprint density at radius 1 is 1.40 bits per heavy atom. The Bertz CT molecular complexity index is 483. The highest BCUT2D eigenvalue weighted by atomic mass is 16.2. The van der Waals surface area contributed by atoms with Crippen molar-refractivity contribution in [3.8, 4) is 0 Å². The third-order valence-electron chi connectivity index (χ3n) is 2.95. The van der Waals surface area contributed by atoms with Crippen molar-refractivity contribution in [3.05, 3.63) is 48.0 Å². The number of carbonyl (C=O) groups is 2. The molecule has 0 saturated carbocycles. The topological polar surface area (TPSA) is 49.4 Å². The summed E-state index contributed by atoms with van der Waals surface area (Å²) in [5.41, 5.74) is 2.14. The van der Waals surface area contributed by atoms with E-state index in [1.807, 2.05) is 31.2 Å². The number of hydrogen-bond donors (Lipinski definition) is 1. The van der Waals surface area contributed by atoms with E-state index in [9.17, 15) is 9.59 Å². The maximum atomic E-state index is 11.8. The third kappa shape index (κ3) is 5.69. The second kappa shape index (κ2) is 8.15.